The molecule has 172 valence electrons. The van der Waals surface area contributed by atoms with Crippen LogP contribution in [0.4, 0.5) is 4.79 Å². The molecule has 2 heterocycles. The van der Waals surface area contributed by atoms with Gasteiger partial charge in [0, 0.05) is 31.7 Å². The van der Waals surface area contributed by atoms with E-state index in [0.717, 1.165) is 57.4 Å². The van der Waals surface area contributed by atoms with E-state index in [4.69, 9.17) is 0 Å². The topological polar surface area (TPSA) is 64.7 Å². The third-order valence-corrected chi connectivity index (χ3v) is 6.61. The molecule has 2 aliphatic heterocycles. The molecule has 6 nitrogen and oxygen atoms in total. The van der Waals surface area contributed by atoms with E-state index in [0.29, 0.717) is 12.5 Å². The van der Waals surface area contributed by atoms with Crippen LogP contribution in [0.2, 0.25) is 0 Å². The Hall–Kier alpha value is -2.08. The van der Waals surface area contributed by atoms with Gasteiger partial charge in [-0.2, -0.15) is 0 Å². The molecule has 0 atom stereocenters. The Morgan fingerprint density at radius 3 is 2.26 bits per heavy atom. The Balaban J connectivity index is 1.34. The molecule has 0 aromatic heterocycles. The van der Waals surface area contributed by atoms with Gasteiger partial charge in [-0.25, -0.2) is 4.79 Å². The average molecular weight is 429 g/mol. The molecule has 3 rings (SSSR count). The van der Waals surface area contributed by atoms with Gasteiger partial charge >= 0.3 is 6.03 Å². The lowest BCUT2D eigenvalue weighted by atomic mass is 9.90. The zero-order valence-corrected chi connectivity index (χ0v) is 19.2. The smallest absolute Gasteiger partial charge is 0.317 e. The van der Waals surface area contributed by atoms with Crippen LogP contribution in [0.3, 0.4) is 0 Å². The van der Waals surface area contributed by atoms with Crippen LogP contribution in [0, 0.1) is 5.92 Å². The van der Waals surface area contributed by atoms with Crippen LogP contribution in [-0.4, -0.2) is 67.6 Å². The summed E-state index contributed by atoms with van der Waals surface area (Å²) in [6, 6.07) is 8.12. The van der Waals surface area contributed by atoms with Crippen molar-refractivity contribution in [2.24, 2.45) is 5.92 Å². The van der Waals surface area contributed by atoms with Crippen LogP contribution in [0.5, 0.6) is 0 Å². The summed E-state index contributed by atoms with van der Waals surface area (Å²) >= 11 is 0. The van der Waals surface area contributed by atoms with Gasteiger partial charge < -0.3 is 20.4 Å². The number of nitrogens with zero attached hydrogens (tertiary/aromatic N) is 2. The highest BCUT2D eigenvalue weighted by atomic mass is 16.2. The van der Waals surface area contributed by atoms with Crippen molar-refractivity contribution in [3.05, 3.63) is 35.4 Å². The largest absolute Gasteiger partial charge is 0.352 e. The van der Waals surface area contributed by atoms with Crippen molar-refractivity contribution in [3.8, 4) is 0 Å². The summed E-state index contributed by atoms with van der Waals surface area (Å²) in [6.45, 7) is 8.52. The zero-order chi connectivity index (χ0) is 21.9. The maximum atomic E-state index is 12.4. The molecular formula is C25H40N4O2. The first-order chi connectivity index (χ1) is 15.2. The quantitative estimate of drug-likeness (QED) is 0.621. The van der Waals surface area contributed by atoms with Crippen molar-refractivity contribution in [1.82, 2.24) is 20.4 Å². The Morgan fingerprint density at radius 2 is 1.61 bits per heavy atom. The fourth-order valence-electron chi connectivity index (χ4n) is 4.70. The minimum atomic E-state index is 0.0256. The second-order valence-corrected chi connectivity index (χ2v) is 9.03. The lowest BCUT2D eigenvalue weighted by Crippen LogP contribution is -2.44. The second kappa shape index (κ2) is 12.7. The molecule has 1 aromatic carbocycles. The van der Waals surface area contributed by atoms with E-state index in [1.54, 1.807) is 0 Å². The number of hydrogen-bond donors (Lipinski definition) is 2. The van der Waals surface area contributed by atoms with E-state index in [9.17, 15) is 9.59 Å². The first-order valence-electron chi connectivity index (χ1n) is 12.3. The Labute approximate surface area is 187 Å². The van der Waals surface area contributed by atoms with Crippen LogP contribution >= 0.6 is 0 Å². The zero-order valence-electron chi connectivity index (χ0n) is 19.2. The highest BCUT2D eigenvalue weighted by molar-refractivity contribution is 5.94. The molecule has 2 fully saturated rings. The van der Waals surface area contributed by atoms with Crippen LogP contribution < -0.4 is 10.6 Å². The van der Waals surface area contributed by atoms with E-state index < -0.39 is 0 Å². The molecule has 2 aliphatic rings. The van der Waals surface area contributed by atoms with Crippen molar-refractivity contribution >= 4 is 11.9 Å². The number of nitrogens with one attached hydrogen (secondary N) is 2. The summed E-state index contributed by atoms with van der Waals surface area (Å²) in [5, 5.41) is 5.95. The van der Waals surface area contributed by atoms with Gasteiger partial charge in [0.15, 0.2) is 0 Å². The minimum absolute atomic E-state index is 0.0256. The molecule has 6 heteroatoms. The van der Waals surface area contributed by atoms with Crippen LogP contribution in [0.25, 0.3) is 0 Å². The molecule has 2 saturated heterocycles. The summed E-state index contributed by atoms with van der Waals surface area (Å²) in [4.78, 5) is 28.8. The maximum Gasteiger partial charge on any atom is 0.317 e. The van der Waals surface area contributed by atoms with Crippen LogP contribution in [0.15, 0.2) is 24.3 Å². The first-order valence-corrected chi connectivity index (χ1v) is 12.3. The van der Waals surface area contributed by atoms with Gasteiger partial charge in [-0.15, -0.1) is 0 Å². The van der Waals surface area contributed by atoms with Gasteiger partial charge in [-0.3, -0.25) is 4.79 Å². The predicted octanol–water partition coefficient (Wildman–Crippen LogP) is 3.67. The number of carbonyl (C=O) groups excluding carboxylic acids is 2. The van der Waals surface area contributed by atoms with E-state index in [1.165, 1.54) is 44.3 Å². The lowest BCUT2D eigenvalue weighted by molar-refractivity contribution is 0.0951. The number of rotatable bonds is 8. The second-order valence-electron chi connectivity index (χ2n) is 9.03. The fourth-order valence-corrected chi connectivity index (χ4v) is 4.70. The third kappa shape index (κ3) is 7.84. The first kappa shape index (κ1) is 23.6. The van der Waals surface area contributed by atoms with Gasteiger partial charge in [0.05, 0.1) is 0 Å². The Morgan fingerprint density at radius 1 is 0.935 bits per heavy atom. The lowest BCUT2D eigenvalue weighted by Gasteiger charge is -2.32. The molecule has 3 amide bonds. The average Bonchev–Trinajstić information content (AvgIpc) is 3.07. The van der Waals surface area contributed by atoms with E-state index in [-0.39, 0.29) is 11.9 Å². The van der Waals surface area contributed by atoms with Gasteiger partial charge in [0.1, 0.15) is 0 Å². The van der Waals surface area contributed by atoms with E-state index in [1.807, 2.05) is 24.0 Å². The third-order valence-electron chi connectivity index (χ3n) is 6.61. The fraction of sp³-hybridized carbons (Fsp3) is 0.680. The van der Waals surface area contributed by atoms with Gasteiger partial charge in [-0.05, 0) is 88.7 Å². The summed E-state index contributed by atoms with van der Waals surface area (Å²) in [5.41, 5.74) is 2.01. The number of amides is 3. The van der Waals surface area contributed by atoms with Gasteiger partial charge in [0.25, 0.3) is 5.91 Å². The molecule has 31 heavy (non-hydrogen) atoms. The van der Waals surface area contributed by atoms with Gasteiger partial charge in [-0.1, -0.05) is 25.0 Å². The van der Waals surface area contributed by atoms with Crippen LogP contribution in [-0.2, 0) is 6.42 Å². The summed E-state index contributed by atoms with van der Waals surface area (Å²) in [7, 11) is 0. The summed E-state index contributed by atoms with van der Waals surface area (Å²) in [5.74, 6) is 0.627. The van der Waals surface area contributed by atoms with Gasteiger partial charge in [0.2, 0.25) is 0 Å². The molecule has 1 aromatic rings. The molecule has 0 spiro atoms. The molecule has 0 bridgehead atoms. The highest BCUT2D eigenvalue weighted by Crippen LogP contribution is 2.22. The van der Waals surface area contributed by atoms with E-state index >= 15 is 0 Å². The molecule has 0 aliphatic carbocycles. The number of carbonyl (C=O) groups is 2. The Bertz CT molecular complexity index is 675. The minimum Gasteiger partial charge on any atom is -0.352 e. The van der Waals surface area contributed by atoms with Crippen LogP contribution in [0.1, 0.15) is 67.8 Å². The number of urea groups is 1. The maximum absolute atomic E-state index is 12.4. The molecular weight excluding hydrogens is 388 g/mol. The predicted molar refractivity (Wildman–Crippen MR) is 125 cm³/mol. The number of piperidine rings is 1. The molecule has 2 N–H and O–H groups in total. The Kier molecular flexibility index (Phi) is 9.66. The molecule has 0 unspecified atom stereocenters. The number of benzene rings is 1. The monoisotopic (exact) mass is 428 g/mol. The highest BCUT2D eigenvalue weighted by Gasteiger charge is 2.22. The van der Waals surface area contributed by atoms with E-state index in [2.05, 4.69) is 27.7 Å². The SMILES string of the molecule is CCNC(=O)N1CCC(Cc2ccc(C(=O)NCCCN3CCCCCC3)cc2)CC1. The van der Waals surface area contributed by atoms with Crippen molar-refractivity contribution < 1.29 is 9.59 Å². The summed E-state index contributed by atoms with van der Waals surface area (Å²) < 4.78 is 0. The normalized spacial score (nSPS) is 18.4. The van der Waals surface area contributed by atoms with Crippen molar-refractivity contribution in [3.63, 3.8) is 0 Å². The van der Waals surface area contributed by atoms with Crippen molar-refractivity contribution in [2.75, 3.05) is 45.8 Å². The summed E-state index contributed by atoms with van der Waals surface area (Å²) in [6.07, 6.45) is 9.45. The molecule has 0 saturated carbocycles. The van der Waals surface area contributed by atoms with Crippen molar-refractivity contribution in [2.45, 2.75) is 58.3 Å². The molecule has 0 radical (unpaired) electrons. The standard InChI is InChI=1S/C25H40N4O2/c1-2-26-25(31)29-18-12-22(13-19-29)20-21-8-10-23(11-9-21)24(30)27-14-7-17-28-15-5-3-4-6-16-28/h8-11,22H,2-7,12-20H2,1H3,(H,26,31)(H,27,30). The van der Waals surface area contributed by atoms with Crippen molar-refractivity contribution in [1.29, 1.82) is 0 Å². The number of hydrogen-bond acceptors (Lipinski definition) is 3. The number of likely N-dealkylation sites (tertiary alicyclic amines) is 2.